The van der Waals surface area contributed by atoms with Gasteiger partial charge in [-0.2, -0.15) is 28.2 Å². The maximum Gasteiger partial charge on any atom is 0.429 e. The second kappa shape index (κ2) is 9.78. The van der Waals surface area contributed by atoms with Gasteiger partial charge in [-0.25, -0.2) is 4.68 Å². The standard InChI is InChI=1S/C25H28F3N7O3/c1-15-6-9-35(33-15)18-5-3-2-4-16(18)21(25(26,27)28)38-20-12-19(31-23(29)32-20)34-10-7-24(8-11-34)13-17(22(36)37)30-14-24/h2-6,9,12,17,21,30H,7-8,10-11,13-14H2,1H3,(H,36,37)(H2,29,31,32)/t17?,21-/m1/s1. The molecule has 1 spiro atoms. The highest BCUT2D eigenvalue weighted by molar-refractivity contribution is 5.74. The predicted octanol–water partition coefficient (Wildman–Crippen LogP) is 3.27. The number of piperidine rings is 1. The van der Waals surface area contributed by atoms with Crippen molar-refractivity contribution in [1.29, 1.82) is 0 Å². The number of carbonyl (C=O) groups is 1. The quantitative estimate of drug-likeness (QED) is 0.439. The highest BCUT2D eigenvalue weighted by Crippen LogP contribution is 2.42. The molecule has 4 N–H and O–H groups in total. The lowest BCUT2D eigenvalue weighted by Crippen LogP contribution is -2.41. The number of ether oxygens (including phenoxy) is 1. The molecule has 0 saturated carbocycles. The van der Waals surface area contributed by atoms with Crippen LogP contribution in [0.2, 0.25) is 0 Å². The molecule has 5 rings (SSSR count). The smallest absolute Gasteiger partial charge is 0.429 e. The van der Waals surface area contributed by atoms with E-state index in [-0.39, 0.29) is 28.5 Å². The number of aliphatic carboxylic acids is 1. The van der Waals surface area contributed by atoms with Gasteiger partial charge in [-0.1, -0.05) is 18.2 Å². The SMILES string of the molecule is Cc1ccn(-c2ccccc2[C@@H](Oc2cc(N3CCC4(CC3)CNC(C(=O)O)C4)nc(N)n2)C(F)(F)F)n1. The van der Waals surface area contributed by atoms with Crippen molar-refractivity contribution in [3.05, 3.63) is 53.9 Å². The number of para-hydroxylation sites is 1. The van der Waals surface area contributed by atoms with Gasteiger partial charge in [0.2, 0.25) is 17.9 Å². The second-order valence-electron chi connectivity index (χ2n) is 9.89. The molecule has 13 heteroatoms. The summed E-state index contributed by atoms with van der Waals surface area (Å²) in [7, 11) is 0. The minimum Gasteiger partial charge on any atom is -0.480 e. The molecule has 2 aliphatic rings. The molecule has 1 aromatic carbocycles. The number of aromatic nitrogens is 4. The van der Waals surface area contributed by atoms with Crippen LogP contribution in [0.3, 0.4) is 0 Å². The maximum absolute atomic E-state index is 14.3. The Bertz CT molecular complexity index is 1320. The summed E-state index contributed by atoms with van der Waals surface area (Å²) < 4.78 is 49.8. The number of benzene rings is 1. The minimum atomic E-state index is -4.76. The number of carboxylic acid groups (broad SMARTS) is 1. The van der Waals surface area contributed by atoms with Crippen LogP contribution >= 0.6 is 0 Å². The predicted molar refractivity (Wildman–Crippen MR) is 132 cm³/mol. The van der Waals surface area contributed by atoms with E-state index in [1.165, 1.54) is 22.9 Å². The number of rotatable bonds is 6. The molecule has 2 aromatic heterocycles. The zero-order valence-corrected chi connectivity index (χ0v) is 20.6. The van der Waals surface area contributed by atoms with Crippen molar-refractivity contribution in [2.24, 2.45) is 5.41 Å². The van der Waals surface area contributed by atoms with E-state index in [0.717, 1.165) is 0 Å². The monoisotopic (exact) mass is 531 g/mol. The molecule has 1 unspecified atom stereocenters. The van der Waals surface area contributed by atoms with Crippen LogP contribution in [-0.4, -0.2) is 62.7 Å². The van der Waals surface area contributed by atoms with Crippen LogP contribution in [0.15, 0.2) is 42.6 Å². The van der Waals surface area contributed by atoms with Gasteiger partial charge in [-0.05, 0) is 43.7 Å². The number of nitrogens with one attached hydrogen (secondary N) is 1. The van der Waals surface area contributed by atoms with Gasteiger partial charge in [-0.15, -0.1) is 0 Å². The van der Waals surface area contributed by atoms with E-state index in [4.69, 9.17) is 10.5 Å². The molecular weight excluding hydrogens is 503 g/mol. The van der Waals surface area contributed by atoms with Gasteiger partial charge >= 0.3 is 12.1 Å². The molecule has 3 aromatic rings. The molecule has 2 fully saturated rings. The van der Waals surface area contributed by atoms with Crippen LogP contribution in [-0.2, 0) is 4.79 Å². The Morgan fingerprint density at radius 2 is 1.97 bits per heavy atom. The highest BCUT2D eigenvalue weighted by atomic mass is 19.4. The van der Waals surface area contributed by atoms with Crippen LogP contribution in [0.1, 0.15) is 36.6 Å². The first-order valence-corrected chi connectivity index (χ1v) is 12.2. The number of alkyl halides is 3. The lowest BCUT2D eigenvalue weighted by molar-refractivity contribution is -0.198. The van der Waals surface area contributed by atoms with Crippen molar-refractivity contribution in [2.45, 2.75) is 44.5 Å². The fraction of sp³-hybridized carbons (Fsp3) is 0.440. The van der Waals surface area contributed by atoms with Crippen molar-refractivity contribution in [1.82, 2.24) is 25.1 Å². The van der Waals surface area contributed by atoms with Gasteiger partial charge in [0.1, 0.15) is 11.9 Å². The Morgan fingerprint density at radius 1 is 1.24 bits per heavy atom. The minimum absolute atomic E-state index is 0.122. The molecule has 10 nitrogen and oxygen atoms in total. The average molecular weight is 532 g/mol. The normalized spacial score (nSPS) is 20.0. The molecule has 0 bridgehead atoms. The van der Waals surface area contributed by atoms with E-state index in [0.29, 0.717) is 50.4 Å². The Balaban J connectivity index is 1.38. The zero-order valence-electron chi connectivity index (χ0n) is 20.6. The molecule has 2 saturated heterocycles. The van der Waals surface area contributed by atoms with Crippen molar-refractivity contribution >= 4 is 17.7 Å². The third-order valence-electron chi connectivity index (χ3n) is 7.24. The topological polar surface area (TPSA) is 131 Å². The van der Waals surface area contributed by atoms with Gasteiger partial charge < -0.3 is 25.8 Å². The number of anilines is 2. The molecule has 4 heterocycles. The first-order valence-electron chi connectivity index (χ1n) is 12.2. The lowest BCUT2D eigenvalue weighted by atomic mass is 9.76. The summed E-state index contributed by atoms with van der Waals surface area (Å²) in [5.41, 5.74) is 6.52. The van der Waals surface area contributed by atoms with Gasteiger partial charge in [0.25, 0.3) is 0 Å². The Hall–Kier alpha value is -3.87. The second-order valence-corrected chi connectivity index (χ2v) is 9.89. The molecule has 0 amide bonds. The number of nitrogen functional groups attached to an aromatic ring is 1. The summed E-state index contributed by atoms with van der Waals surface area (Å²) >= 11 is 0. The molecule has 0 aliphatic carbocycles. The summed E-state index contributed by atoms with van der Waals surface area (Å²) in [5.74, 6) is -1.00. The first kappa shape index (κ1) is 25.8. The number of carboxylic acids is 1. The summed E-state index contributed by atoms with van der Waals surface area (Å²) in [6.07, 6.45) is -3.53. The number of hydrogen-bond acceptors (Lipinski definition) is 8. The van der Waals surface area contributed by atoms with Gasteiger partial charge in [0, 0.05) is 37.5 Å². The van der Waals surface area contributed by atoms with Crippen LogP contribution < -0.4 is 20.7 Å². The van der Waals surface area contributed by atoms with Gasteiger partial charge in [0.15, 0.2) is 0 Å². The number of nitrogens with two attached hydrogens (primary N) is 1. The van der Waals surface area contributed by atoms with E-state index in [9.17, 15) is 23.1 Å². The van der Waals surface area contributed by atoms with Crippen molar-refractivity contribution < 1.29 is 27.8 Å². The average Bonchev–Trinajstić information content (AvgIpc) is 3.49. The Morgan fingerprint density at radius 3 is 2.61 bits per heavy atom. The Labute approximate surface area is 216 Å². The zero-order chi connectivity index (χ0) is 27.1. The van der Waals surface area contributed by atoms with E-state index in [2.05, 4.69) is 20.4 Å². The van der Waals surface area contributed by atoms with Crippen LogP contribution in [0.5, 0.6) is 5.88 Å². The fourth-order valence-corrected chi connectivity index (χ4v) is 5.23. The molecule has 38 heavy (non-hydrogen) atoms. The molecule has 2 aliphatic heterocycles. The molecular formula is C25H28F3N7O3. The highest BCUT2D eigenvalue weighted by Gasteiger charge is 2.46. The van der Waals surface area contributed by atoms with E-state index < -0.39 is 24.3 Å². The third kappa shape index (κ3) is 5.23. The van der Waals surface area contributed by atoms with Crippen molar-refractivity contribution in [3.63, 3.8) is 0 Å². The lowest BCUT2D eigenvalue weighted by Gasteiger charge is -2.39. The van der Waals surface area contributed by atoms with E-state index >= 15 is 0 Å². The number of nitrogens with zero attached hydrogens (tertiary/aromatic N) is 5. The van der Waals surface area contributed by atoms with Crippen molar-refractivity contribution in [2.75, 3.05) is 30.3 Å². The van der Waals surface area contributed by atoms with Gasteiger partial charge in [-0.3, -0.25) is 4.79 Å². The van der Waals surface area contributed by atoms with E-state index in [1.54, 1.807) is 31.3 Å². The van der Waals surface area contributed by atoms with Gasteiger partial charge in [0.05, 0.1) is 11.4 Å². The van der Waals surface area contributed by atoms with Crippen LogP contribution in [0, 0.1) is 12.3 Å². The third-order valence-corrected chi connectivity index (χ3v) is 7.24. The molecule has 2 atom stereocenters. The molecule has 202 valence electrons. The number of hydrogen-bond donors (Lipinski definition) is 3. The Kier molecular flexibility index (Phi) is 6.63. The summed E-state index contributed by atoms with van der Waals surface area (Å²) in [4.78, 5) is 21.4. The molecule has 0 radical (unpaired) electrons. The fourth-order valence-electron chi connectivity index (χ4n) is 5.23. The van der Waals surface area contributed by atoms with Crippen LogP contribution in [0.4, 0.5) is 24.9 Å². The van der Waals surface area contributed by atoms with Crippen LogP contribution in [0.25, 0.3) is 5.69 Å². The summed E-state index contributed by atoms with van der Waals surface area (Å²) in [6.45, 7) is 3.46. The van der Waals surface area contributed by atoms with Crippen molar-refractivity contribution in [3.8, 4) is 11.6 Å². The number of aryl methyl sites for hydroxylation is 1. The summed E-state index contributed by atoms with van der Waals surface area (Å²) in [5, 5.41) is 16.6. The first-order chi connectivity index (χ1) is 18.0. The maximum atomic E-state index is 14.3. The van der Waals surface area contributed by atoms with E-state index in [1.807, 2.05) is 4.90 Å². The number of halogens is 3. The summed E-state index contributed by atoms with van der Waals surface area (Å²) in [6, 6.07) is 8.52. The largest absolute Gasteiger partial charge is 0.480 e.